The van der Waals surface area contributed by atoms with Crippen LogP contribution in [-0.4, -0.2) is 30.9 Å². The van der Waals surface area contributed by atoms with Crippen LogP contribution in [0, 0.1) is 0 Å². The summed E-state index contributed by atoms with van der Waals surface area (Å²) in [7, 11) is 1.42. The number of hydrogen-bond acceptors (Lipinski definition) is 8. The van der Waals surface area contributed by atoms with E-state index in [0.717, 1.165) is 5.56 Å². The van der Waals surface area contributed by atoms with Crippen LogP contribution in [0.1, 0.15) is 23.6 Å². The third-order valence-electron chi connectivity index (χ3n) is 5.10. The van der Waals surface area contributed by atoms with Gasteiger partial charge in [-0.25, -0.2) is 14.6 Å². The van der Waals surface area contributed by atoms with Crippen molar-refractivity contribution in [1.82, 2.24) is 0 Å². The zero-order valence-electron chi connectivity index (χ0n) is 20.4. The fraction of sp³-hybridized carbons (Fsp3) is 0.0714. The number of nitrogens with zero attached hydrogens (tertiary/aromatic N) is 1. The summed E-state index contributed by atoms with van der Waals surface area (Å²) in [6.07, 6.45) is 4.32. The van der Waals surface area contributed by atoms with E-state index in [9.17, 15) is 14.4 Å². The molecule has 0 saturated heterocycles. The molecule has 0 spiro atoms. The molecule has 1 aliphatic heterocycles. The number of carbonyl (C=O) groups is 3. The average Bonchev–Trinajstić information content (AvgIpc) is 3.25. The first-order valence-corrected chi connectivity index (χ1v) is 13.1. The van der Waals surface area contributed by atoms with E-state index in [1.54, 1.807) is 48.5 Å². The quantitative estimate of drug-likeness (QED) is 0.155. The normalized spacial score (nSPS) is 13.8. The highest BCUT2D eigenvalue weighted by atomic mass is 79.9. The molecule has 0 aromatic heterocycles. The first-order valence-electron chi connectivity index (χ1n) is 11.2. The predicted octanol–water partition coefficient (Wildman–Crippen LogP) is 6.76. The number of benzene rings is 3. The Hall–Kier alpha value is -3.73. The third-order valence-corrected chi connectivity index (χ3v) is 6.40. The van der Waals surface area contributed by atoms with Crippen molar-refractivity contribution in [2.75, 3.05) is 7.11 Å². The van der Waals surface area contributed by atoms with Crippen LogP contribution >= 0.6 is 43.5 Å². The molecule has 0 amide bonds. The van der Waals surface area contributed by atoms with Crippen molar-refractivity contribution >= 4 is 79.4 Å². The Morgan fingerprint density at radius 3 is 2.44 bits per heavy atom. The molecular weight excluding hydrogens is 658 g/mol. The van der Waals surface area contributed by atoms with Crippen molar-refractivity contribution in [1.29, 1.82) is 0 Å². The Labute approximate surface area is 245 Å². The van der Waals surface area contributed by atoms with Crippen LogP contribution in [0.15, 0.2) is 80.3 Å². The molecule has 11 heteroatoms. The van der Waals surface area contributed by atoms with E-state index in [-0.39, 0.29) is 28.8 Å². The molecule has 39 heavy (non-hydrogen) atoms. The molecule has 0 aliphatic carbocycles. The monoisotopic (exact) mass is 673 g/mol. The number of ether oxygens (including phenoxy) is 4. The summed E-state index contributed by atoms with van der Waals surface area (Å²) in [5.41, 5.74) is 1.56. The Kier molecular flexibility index (Phi) is 9.01. The highest BCUT2D eigenvalue weighted by Gasteiger charge is 2.26. The lowest BCUT2D eigenvalue weighted by Gasteiger charge is -2.09. The lowest BCUT2D eigenvalue weighted by molar-refractivity contribution is -0.132. The second-order valence-corrected chi connectivity index (χ2v) is 10.1. The second kappa shape index (κ2) is 12.4. The first kappa shape index (κ1) is 28.3. The smallest absolute Gasteiger partial charge is 0.363 e. The molecule has 3 aromatic carbocycles. The van der Waals surface area contributed by atoms with Crippen LogP contribution in [-0.2, 0) is 19.1 Å². The topological polar surface area (TPSA) is 100 Å². The molecule has 4 rings (SSSR count). The zero-order chi connectivity index (χ0) is 28.1. The van der Waals surface area contributed by atoms with Crippen molar-refractivity contribution in [2.24, 2.45) is 4.99 Å². The van der Waals surface area contributed by atoms with E-state index < -0.39 is 17.9 Å². The molecule has 3 aromatic rings. The van der Waals surface area contributed by atoms with Gasteiger partial charge in [-0.2, -0.15) is 0 Å². The van der Waals surface area contributed by atoms with Gasteiger partial charge in [0.15, 0.2) is 22.9 Å². The predicted molar refractivity (Wildman–Crippen MR) is 153 cm³/mol. The molecule has 0 N–H and O–H groups in total. The van der Waals surface area contributed by atoms with Crippen LogP contribution < -0.4 is 14.2 Å². The SMILES string of the molecule is COc1cc(C2=N/C(=C\c3cc(Br)cc(Br)c3OC(=O)/C=C/c3ccc(Cl)cc3)C(=O)O2)ccc1OC(C)=O. The Morgan fingerprint density at radius 2 is 1.74 bits per heavy atom. The molecule has 0 bridgehead atoms. The summed E-state index contributed by atoms with van der Waals surface area (Å²) < 4.78 is 22.5. The van der Waals surface area contributed by atoms with E-state index in [1.807, 2.05) is 0 Å². The fourth-order valence-electron chi connectivity index (χ4n) is 3.39. The molecule has 8 nitrogen and oxygen atoms in total. The number of rotatable bonds is 7. The van der Waals surface area contributed by atoms with Crippen LogP contribution in [0.4, 0.5) is 0 Å². The molecule has 1 heterocycles. The molecule has 0 fully saturated rings. The minimum Gasteiger partial charge on any atom is -0.493 e. The number of carbonyl (C=O) groups excluding carboxylic acids is 3. The van der Waals surface area contributed by atoms with Crippen molar-refractivity contribution in [3.8, 4) is 17.2 Å². The second-order valence-electron chi connectivity index (χ2n) is 7.91. The Morgan fingerprint density at radius 1 is 1.00 bits per heavy atom. The van der Waals surface area contributed by atoms with Gasteiger partial charge < -0.3 is 18.9 Å². The minimum atomic E-state index is -0.705. The van der Waals surface area contributed by atoms with Crippen LogP contribution in [0.2, 0.25) is 5.02 Å². The van der Waals surface area contributed by atoms with E-state index in [2.05, 4.69) is 36.9 Å². The Balaban J connectivity index is 1.62. The lowest BCUT2D eigenvalue weighted by Crippen LogP contribution is -2.07. The van der Waals surface area contributed by atoms with Gasteiger partial charge >= 0.3 is 17.9 Å². The number of methoxy groups -OCH3 is 1. The van der Waals surface area contributed by atoms with Crippen molar-refractivity contribution < 1.29 is 33.3 Å². The lowest BCUT2D eigenvalue weighted by atomic mass is 10.1. The number of hydrogen-bond donors (Lipinski definition) is 0. The molecule has 1 aliphatic rings. The van der Waals surface area contributed by atoms with E-state index in [1.165, 1.54) is 38.3 Å². The van der Waals surface area contributed by atoms with Gasteiger partial charge in [-0.15, -0.1) is 0 Å². The molecule has 0 radical (unpaired) electrons. The molecule has 0 atom stereocenters. The summed E-state index contributed by atoms with van der Waals surface area (Å²) in [5, 5.41) is 0.584. The maximum absolute atomic E-state index is 12.7. The summed E-state index contributed by atoms with van der Waals surface area (Å²) in [5.74, 6) is -1.17. The minimum absolute atomic E-state index is 0.0213. The van der Waals surface area contributed by atoms with Crippen molar-refractivity contribution in [3.05, 3.63) is 97.0 Å². The van der Waals surface area contributed by atoms with Gasteiger partial charge in [-0.1, -0.05) is 39.7 Å². The van der Waals surface area contributed by atoms with Gasteiger partial charge in [0.05, 0.1) is 11.6 Å². The van der Waals surface area contributed by atoms with Crippen LogP contribution in [0.5, 0.6) is 17.2 Å². The Bertz CT molecular complexity index is 1560. The zero-order valence-corrected chi connectivity index (χ0v) is 24.3. The van der Waals surface area contributed by atoms with Gasteiger partial charge in [0.1, 0.15) is 0 Å². The largest absolute Gasteiger partial charge is 0.493 e. The van der Waals surface area contributed by atoms with Gasteiger partial charge in [0.25, 0.3) is 0 Å². The molecule has 198 valence electrons. The average molecular weight is 676 g/mol. The van der Waals surface area contributed by atoms with Crippen molar-refractivity contribution in [2.45, 2.75) is 6.92 Å². The first-order chi connectivity index (χ1) is 18.6. The van der Waals surface area contributed by atoms with Gasteiger partial charge in [-0.05, 0) is 76.1 Å². The third kappa shape index (κ3) is 7.23. The van der Waals surface area contributed by atoms with E-state index >= 15 is 0 Å². The summed E-state index contributed by atoms with van der Waals surface area (Å²) in [6.45, 7) is 1.27. The standard InChI is InChI=1S/C28H18Br2ClNO7/c1-15(33)37-23-9-6-17(13-24(23)36-2)27-32-22(28(35)39-27)12-18-11-19(29)14-21(30)26(18)38-25(34)10-5-16-3-7-20(31)8-4-16/h3-14H,1-2H3/b10-5+,22-12-. The fourth-order valence-corrected chi connectivity index (χ4v) is 4.85. The highest BCUT2D eigenvalue weighted by molar-refractivity contribution is 9.11. The summed E-state index contributed by atoms with van der Waals surface area (Å²) in [4.78, 5) is 40.9. The maximum atomic E-state index is 12.7. The molecule has 0 unspecified atom stereocenters. The number of cyclic esters (lactones) is 1. The highest BCUT2D eigenvalue weighted by Crippen LogP contribution is 2.36. The van der Waals surface area contributed by atoms with Crippen molar-refractivity contribution in [3.63, 3.8) is 0 Å². The van der Waals surface area contributed by atoms with Crippen LogP contribution in [0.3, 0.4) is 0 Å². The van der Waals surface area contributed by atoms with E-state index in [4.69, 9.17) is 30.5 Å². The number of esters is 3. The summed E-state index contributed by atoms with van der Waals surface area (Å²) >= 11 is 12.7. The molecule has 0 saturated carbocycles. The van der Waals surface area contributed by atoms with Gasteiger partial charge in [0, 0.05) is 33.6 Å². The molecular formula is C28H18Br2ClNO7. The number of halogens is 3. The summed E-state index contributed by atoms with van der Waals surface area (Å²) in [6, 6.07) is 14.9. The van der Waals surface area contributed by atoms with Crippen LogP contribution in [0.25, 0.3) is 12.2 Å². The van der Waals surface area contributed by atoms with Gasteiger partial charge in [-0.3, -0.25) is 4.79 Å². The number of aliphatic imine (C=N–C) groups is 1. The maximum Gasteiger partial charge on any atom is 0.363 e. The van der Waals surface area contributed by atoms with E-state index in [0.29, 0.717) is 25.1 Å². The van der Waals surface area contributed by atoms with Gasteiger partial charge in [0.2, 0.25) is 5.90 Å².